The Morgan fingerprint density at radius 2 is 2.11 bits per heavy atom. The van der Waals surface area contributed by atoms with E-state index in [0.29, 0.717) is 28.3 Å². The predicted octanol–water partition coefficient (Wildman–Crippen LogP) is 3.91. The Kier molecular flexibility index (Phi) is 6.84. The van der Waals surface area contributed by atoms with Gasteiger partial charge in [0.05, 0.1) is 31.1 Å². The number of thioether (sulfide) groups is 1. The highest BCUT2D eigenvalue weighted by atomic mass is 32.2. The maximum atomic E-state index is 12.5. The van der Waals surface area contributed by atoms with E-state index < -0.39 is 0 Å². The van der Waals surface area contributed by atoms with Crippen LogP contribution in [0.1, 0.15) is 12.2 Å². The zero-order chi connectivity index (χ0) is 18.9. The molecule has 1 amide bonds. The molecule has 2 heterocycles. The number of nitriles is 1. The molecule has 0 aliphatic carbocycles. The standard InChI is InChI=1S/C18H17N5O2S2/c19-9-5-10-23(12-15-8-4-11-25-15)16(24)13-26-18-22-21-17(27-18)20-14-6-2-1-3-7-14/h1-4,6-8,11H,5,10,12-13H2,(H,20,21). The quantitative estimate of drug-likeness (QED) is 0.545. The number of nitrogens with one attached hydrogen (secondary N) is 1. The van der Waals surface area contributed by atoms with Gasteiger partial charge in [-0.15, -0.1) is 10.2 Å². The molecule has 0 radical (unpaired) electrons. The molecule has 27 heavy (non-hydrogen) atoms. The van der Waals surface area contributed by atoms with Crippen LogP contribution < -0.4 is 5.32 Å². The van der Waals surface area contributed by atoms with E-state index >= 15 is 0 Å². The lowest BCUT2D eigenvalue weighted by atomic mass is 10.3. The summed E-state index contributed by atoms with van der Waals surface area (Å²) in [5.74, 6) is 0.850. The van der Waals surface area contributed by atoms with Gasteiger partial charge in [0.2, 0.25) is 11.0 Å². The first-order chi connectivity index (χ1) is 13.2. The van der Waals surface area contributed by atoms with E-state index in [1.165, 1.54) is 23.1 Å². The fourth-order valence-corrected chi connectivity index (χ4v) is 3.92. The summed E-state index contributed by atoms with van der Waals surface area (Å²) in [4.78, 5) is 14.2. The lowest BCUT2D eigenvalue weighted by molar-refractivity contribution is -0.129. The van der Waals surface area contributed by atoms with Crippen LogP contribution in [0.3, 0.4) is 0 Å². The molecule has 1 N–H and O–H groups in total. The predicted molar refractivity (Wildman–Crippen MR) is 105 cm³/mol. The molecule has 1 aromatic carbocycles. The molecule has 0 bridgehead atoms. The van der Waals surface area contributed by atoms with Gasteiger partial charge >= 0.3 is 0 Å². The molecule has 0 fully saturated rings. The summed E-state index contributed by atoms with van der Waals surface area (Å²) >= 11 is 2.73. The van der Waals surface area contributed by atoms with Crippen LogP contribution in [0.25, 0.3) is 0 Å². The minimum Gasteiger partial charge on any atom is -0.467 e. The van der Waals surface area contributed by atoms with E-state index in [-0.39, 0.29) is 18.1 Å². The number of hydrogen-bond acceptors (Lipinski definition) is 8. The number of carbonyl (C=O) groups excluding carboxylic acids is 1. The minimum absolute atomic E-state index is 0.0700. The first-order valence-corrected chi connectivity index (χ1v) is 10.0. The topological polar surface area (TPSA) is 95.0 Å². The van der Waals surface area contributed by atoms with Gasteiger partial charge in [-0.1, -0.05) is 41.3 Å². The van der Waals surface area contributed by atoms with Gasteiger partial charge in [0.15, 0.2) is 4.34 Å². The lowest BCUT2D eigenvalue weighted by Gasteiger charge is -2.19. The van der Waals surface area contributed by atoms with Gasteiger partial charge < -0.3 is 14.6 Å². The number of aromatic nitrogens is 2. The number of amides is 1. The molecule has 0 spiro atoms. The van der Waals surface area contributed by atoms with Gasteiger partial charge in [-0.2, -0.15) is 5.26 Å². The molecule has 0 unspecified atom stereocenters. The highest BCUT2D eigenvalue weighted by Crippen LogP contribution is 2.27. The summed E-state index contributed by atoms with van der Waals surface area (Å²) in [7, 11) is 0. The first-order valence-electron chi connectivity index (χ1n) is 8.20. The summed E-state index contributed by atoms with van der Waals surface area (Å²) in [5, 5.41) is 20.9. The molecule has 2 aromatic heterocycles. The normalized spacial score (nSPS) is 10.3. The van der Waals surface area contributed by atoms with Crippen molar-refractivity contribution >= 4 is 39.8 Å². The average molecular weight is 400 g/mol. The van der Waals surface area contributed by atoms with Crippen LogP contribution in [-0.2, 0) is 11.3 Å². The zero-order valence-electron chi connectivity index (χ0n) is 14.4. The molecule has 0 saturated heterocycles. The van der Waals surface area contributed by atoms with E-state index in [1.807, 2.05) is 36.4 Å². The summed E-state index contributed by atoms with van der Waals surface area (Å²) in [6.45, 7) is 0.721. The molecule has 3 aromatic rings. The second-order valence-corrected chi connectivity index (χ2v) is 7.66. The van der Waals surface area contributed by atoms with Gasteiger partial charge in [0, 0.05) is 12.2 Å². The third-order valence-corrected chi connectivity index (χ3v) is 5.48. The fraction of sp³-hybridized carbons (Fsp3) is 0.222. The van der Waals surface area contributed by atoms with E-state index in [4.69, 9.17) is 9.68 Å². The molecular weight excluding hydrogens is 382 g/mol. The highest BCUT2D eigenvalue weighted by molar-refractivity contribution is 8.01. The summed E-state index contributed by atoms with van der Waals surface area (Å²) in [6.07, 6.45) is 1.85. The Morgan fingerprint density at radius 3 is 2.85 bits per heavy atom. The zero-order valence-corrected chi connectivity index (χ0v) is 16.0. The number of nitrogens with zero attached hydrogens (tertiary/aromatic N) is 4. The van der Waals surface area contributed by atoms with Crippen molar-refractivity contribution in [3.63, 3.8) is 0 Å². The third kappa shape index (κ3) is 5.84. The maximum Gasteiger partial charge on any atom is 0.233 e. The number of anilines is 2. The second-order valence-electron chi connectivity index (χ2n) is 5.46. The van der Waals surface area contributed by atoms with Crippen molar-refractivity contribution in [2.24, 2.45) is 0 Å². The van der Waals surface area contributed by atoms with E-state index in [0.717, 1.165) is 5.69 Å². The van der Waals surface area contributed by atoms with Crippen LogP contribution in [0.2, 0.25) is 0 Å². The Hall–Kier alpha value is -2.83. The van der Waals surface area contributed by atoms with Gasteiger partial charge in [0.25, 0.3) is 0 Å². The molecule has 3 rings (SSSR count). The van der Waals surface area contributed by atoms with Crippen molar-refractivity contribution < 1.29 is 9.21 Å². The smallest absolute Gasteiger partial charge is 0.233 e. The molecule has 138 valence electrons. The van der Waals surface area contributed by atoms with Crippen molar-refractivity contribution in [3.05, 3.63) is 54.5 Å². The maximum absolute atomic E-state index is 12.5. The Balaban J connectivity index is 1.54. The molecule has 7 nitrogen and oxygen atoms in total. The molecule has 0 atom stereocenters. The number of benzene rings is 1. The Bertz CT molecular complexity index is 890. The van der Waals surface area contributed by atoms with Crippen molar-refractivity contribution in [3.8, 4) is 6.07 Å². The molecular formula is C18H17N5O2S2. The fourth-order valence-electron chi connectivity index (χ4n) is 2.25. The van der Waals surface area contributed by atoms with Crippen LogP contribution in [0.5, 0.6) is 0 Å². The van der Waals surface area contributed by atoms with Gasteiger partial charge in [-0.25, -0.2) is 0 Å². The third-order valence-electron chi connectivity index (χ3n) is 3.52. The van der Waals surface area contributed by atoms with Crippen molar-refractivity contribution in [2.45, 2.75) is 17.3 Å². The van der Waals surface area contributed by atoms with E-state index in [1.54, 1.807) is 17.2 Å². The summed E-state index contributed by atoms with van der Waals surface area (Å²) < 4.78 is 6.01. The summed E-state index contributed by atoms with van der Waals surface area (Å²) in [5.41, 5.74) is 0.933. The van der Waals surface area contributed by atoms with Crippen molar-refractivity contribution in [2.75, 3.05) is 17.6 Å². The van der Waals surface area contributed by atoms with Crippen LogP contribution in [0.15, 0.2) is 57.5 Å². The summed E-state index contributed by atoms with van der Waals surface area (Å²) in [6, 6.07) is 15.4. The Labute approximate surface area is 165 Å². The largest absolute Gasteiger partial charge is 0.467 e. The first kappa shape index (κ1) is 18.9. The number of furan rings is 1. The number of carbonyl (C=O) groups is 1. The Morgan fingerprint density at radius 1 is 1.26 bits per heavy atom. The van der Waals surface area contributed by atoms with Crippen molar-refractivity contribution in [1.82, 2.24) is 15.1 Å². The number of hydrogen-bond donors (Lipinski definition) is 1. The SMILES string of the molecule is N#CCCN(Cc1ccco1)C(=O)CSc1nnc(Nc2ccccc2)s1. The second kappa shape index (κ2) is 9.75. The molecule has 9 heteroatoms. The van der Waals surface area contributed by atoms with Crippen LogP contribution in [0, 0.1) is 11.3 Å². The van der Waals surface area contributed by atoms with Crippen LogP contribution >= 0.6 is 23.1 Å². The van der Waals surface area contributed by atoms with Gasteiger partial charge in [-0.3, -0.25) is 4.79 Å². The number of para-hydroxylation sites is 1. The minimum atomic E-state index is -0.0700. The highest BCUT2D eigenvalue weighted by Gasteiger charge is 2.16. The van der Waals surface area contributed by atoms with Gasteiger partial charge in [-0.05, 0) is 24.3 Å². The lowest BCUT2D eigenvalue weighted by Crippen LogP contribution is -2.32. The molecule has 0 saturated carbocycles. The van der Waals surface area contributed by atoms with E-state index in [9.17, 15) is 4.79 Å². The van der Waals surface area contributed by atoms with Gasteiger partial charge in [0.1, 0.15) is 5.76 Å². The van der Waals surface area contributed by atoms with E-state index in [2.05, 4.69) is 21.6 Å². The van der Waals surface area contributed by atoms with Crippen molar-refractivity contribution in [1.29, 1.82) is 5.26 Å². The molecule has 0 aliphatic heterocycles. The van der Waals surface area contributed by atoms with Crippen LogP contribution in [-0.4, -0.2) is 33.3 Å². The van der Waals surface area contributed by atoms with Crippen LogP contribution in [0.4, 0.5) is 10.8 Å². The molecule has 0 aliphatic rings. The number of rotatable bonds is 9. The average Bonchev–Trinajstić information content (AvgIpc) is 3.36. The monoisotopic (exact) mass is 399 g/mol.